The van der Waals surface area contributed by atoms with Gasteiger partial charge in [0.1, 0.15) is 0 Å². The molecule has 0 aliphatic rings. The minimum Gasteiger partial charge on any atom is -0.311 e. The molecule has 6 heteroatoms. The third-order valence-electron chi connectivity index (χ3n) is 11.2. The van der Waals surface area contributed by atoms with Gasteiger partial charge in [0.15, 0.2) is 0 Å². The Balaban J connectivity index is 0.000000174. The summed E-state index contributed by atoms with van der Waals surface area (Å²) in [5, 5.41) is 0. The highest BCUT2D eigenvalue weighted by molar-refractivity contribution is 5.82. The molecule has 8 aromatic carbocycles. The largest absolute Gasteiger partial charge is 0.311 e. The number of hydrogen-bond donors (Lipinski definition) is 0. The number of benzene rings is 8. The zero-order chi connectivity index (χ0) is 47.4. The molecule has 0 aliphatic heterocycles. The van der Waals surface area contributed by atoms with Crippen molar-refractivity contribution in [2.24, 2.45) is 9.98 Å². The summed E-state index contributed by atoms with van der Waals surface area (Å²) in [6, 6.07) is 86.9. The van der Waals surface area contributed by atoms with E-state index in [4.69, 9.17) is 0 Å². The highest BCUT2D eigenvalue weighted by Crippen LogP contribution is 2.36. The van der Waals surface area contributed by atoms with Crippen molar-refractivity contribution in [3.8, 4) is 0 Å². The molecule has 336 valence electrons. The molecule has 0 radical (unpaired) electrons. The molecule has 0 saturated heterocycles. The molecule has 2 heterocycles. The molecule has 0 N–H and O–H groups in total. The maximum Gasteiger partial charge on any atom is 0.0812 e. The first-order valence-electron chi connectivity index (χ1n) is 23.2. The SMILES string of the molecule is C(=Nc1ccc(/C=C/c2ccc(N(c3ccccc3)c3ccccc3)cc2)cc1)c1ccccn1.C(=Nc1ccc(/C=C/c2ccc(N(c3ccccc3)c3ccccc3)cc2)cc1)c1ccccn1. The average molecular weight is 903 g/mol. The maximum atomic E-state index is 4.50. The first kappa shape index (κ1) is 45.6. The second-order valence-electron chi connectivity index (χ2n) is 16.1. The van der Waals surface area contributed by atoms with Crippen LogP contribution in [0.1, 0.15) is 33.6 Å². The van der Waals surface area contributed by atoms with Crippen molar-refractivity contribution in [3.05, 3.63) is 301 Å². The summed E-state index contributed by atoms with van der Waals surface area (Å²) in [5.41, 5.74) is 14.8. The topological polar surface area (TPSA) is 57.0 Å². The minimum atomic E-state index is 0.845. The number of nitrogens with zero attached hydrogens (tertiary/aromatic N) is 6. The van der Waals surface area contributed by atoms with E-state index in [1.54, 1.807) is 24.8 Å². The summed E-state index contributed by atoms with van der Waals surface area (Å²) in [4.78, 5) is 22.0. The lowest BCUT2D eigenvalue weighted by Crippen LogP contribution is -2.09. The Kier molecular flexibility index (Phi) is 15.5. The van der Waals surface area contributed by atoms with E-state index in [9.17, 15) is 0 Å². The van der Waals surface area contributed by atoms with Gasteiger partial charge in [-0.25, -0.2) is 0 Å². The molecule has 10 rings (SSSR count). The van der Waals surface area contributed by atoms with Crippen LogP contribution in [0.25, 0.3) is 24.3 Å². The third-order valence-corrected chi connectivity index (χ3v) is 11.2. The highest BCUT2D eigenvalue weighted by Gasteiger charge is 2.13. The molecule has 0 fully saturated rings. The van der Waals surface area contributed by atoms with Gasteiger partial charge >= 0.3 is 0 Å². The average Bonchev–Trinajstić information content (AvgIpc) is 3.44. The van der Waals surface area contributed by atoms with Crippen molar-refractivity contribution in [2.45, 2.75) is 0 Å². The molecule has 0 amide bonds. The molecule has 70 heavy (non-hydrogen) atoms. The van der Waals surface area contributed by atoms with Gasteiger partial charge in [-0.2, -0.15) is 0 Å². The van der Waals surface area contributed by atoms with E-state index >= 15 is 0 Å². The summed E-state index contributed by atoms with van der Waals surface area (Å²) in [5.74, 6) is 0. The van der Waals surface area contributed by atoms with Crippen molar-refractivity contribution in [2.75, 3.05) is 9.80 Å². The molecule has 0 saturated carbocycles. The number of aliphatic imine (C=N–C) groups is 2. The van der Waals surface area contributed by atoms with E-state index < -0.39 is 0 Å². The van der Waals surface area contributed by atoms with Gasteiger partial charge in [0, 0.05) is 46.5 Å². The Morgan fingerprint density at radius 1 is 0.257 bits per heavy atom. The number of aromatic nitrogens is 2. The van der Waals surface area contributed by atoms with Crippen LogP contribution >= 0.6 is 0 Å². The molecule has 0 unspecified atom stereocenters. The molecule has 0 bridgehead atoms. The van der Waals surface area contributed by atoms with E-state index in [0.717, 1.165) is 79.1 Å². The van der Waals surface area contributed by atoms with Gasteiger partial charge in [0.05, 0.1) is 35.2 Å². The van der Waals surface area contributed by atoms with Crippen molar-refractivity contribution in [1.29, 1.82) is 0 Å². The van der Waals surface area contributed by atoms with Crippen molar-refractivity contribution < 1.29 is 0 Å². The molecule has 0 spiro atoms. The summed E-state index contributed by atoms with van der Waals surface area (Å²) in [6.07, 6.45) is 15.6. The molecule has 10 aromatic rings. The number of rotatable bonds is 14. The zero-order valence-corrected chi connectivity index (χ0v) is 38.6. The molecule has 6 nitrogen and oxygen atoms in total. The number of para-hydroxylation sites is 4. The van der Waals surface area contributed by atoms with E-state index in [0.29, 0.717) is 0 Å². The Labute approximate surface area is 411 Å². The van der Waals surface area contributed by atoms with E-state index in [2.05, 4.69) is 224 Å². The van der Waals surface area contributed by atoms with Crippen LogP contribution in [0.3, 0.4) is 0 Å². The van der Waals surface area contributed by atoms with Crippen LogP contribution in [0.4, 0.5) is 45.5 Å². The lowest BCUT2D eigenvalue weighted by atomic mass is 10.1. The van der Waals surface area contributed by atoms with E-state index in [1.807, 2.05) is 84.9 Å². The number of pyridine rings is 2. The normalized spacial score (nSPS) is 11.2. The van der Waals surface area contributed by atoms with Gasteiger partial charge in [0.25, 0.3) is 0 Å². The fourth-order valence-electron chi connectivity index (χ4n) is 7.59. The van der Waals surface area contributed by atoms with Crippen molar-refractivity contribution >= 4 is 82.2 Å². The number of hydrogen-bond acceptors (Lipinski definition) is 6. The molecular formula is C64H50N6. The third kappa shape index (κ3) is 12.9. The number of anilines is 6. The Bertz CT molecular complexity index is 2930. The second-order valence-corrected chi connectivity index (χ2v) is 16.1. The van der Waals surface area contributed by atoms with Gasteiger partial charge in [-0.1, -0.05) is 158 Å². The zero-order valence-electron chi connectivity index (χ0n) is 38.6. The predicted octanol–water partition coefficient (Wildman–Crippen LogP) is 16.9. The van der Waals surface area contributed by atoms with Gasteiger partial charge in [0.2, 0.25) is 0 Å². The molecule has 0 atom stereocenters. The fraction of sp³-hybridized carbons (Fsp3) is 0. The lowest BCUT2D eigenvalue weighted by molar-refractivity contribution is 1.28. The smallest absolute Gasteiger partial charge is 0.0812 e. The summed E-state index contributed by atoms with van der Waals surface area (Å²) in [7, 11) is 0. The maximum absolute atomic E-state index is 4.50. The standard InChI is InChI=1S/2C32H25N3/c2*1-3-10-30(11-4-1)35(31-12-5-2-6-13-31)32-22-18-27(19-23-32)15-14-26-16-20-28(21-17-26)34-25-29-9-7-8-24-33-29/h2*1-25H/b2*15-14+,34-25?. The molecule has 2 aromatic heterocycles. The first-order valence-corrected chi connectivity index (χ1v) is 23.2. The van der Waals surface area contributed by atoms with Gasteiger partial charge in [-0.3, -0.25) is 20.0 Å². The van der Waals surface area contributed by atoms with Gasteiger partial charge < -0.3 is 9.80 Å². The van der Waals surface area contributed by atoms with Gasteiger partial charge in [-0.15, -0.1) is 0 Å². The Morgan fingerprint density at radius 3 is 0.786 bits per heavy atom. The first-order chi connectivity index (χ1) is 34.7. The van der Waals surface area contributed by atoms with Crippen LogP contribution in [-0.2, 0) is 0 Å². The lowest BCUT2D eigenvalue weighted by Gasteiger charge is -2.25. The summed E-state index contributed by atoms with van der Waals surface area (Å²) >= 11 is 0. The van der Waals surface area contributed by atoms with Crippen LogP contribution < -0.4 is 9.80 Å². The monoisotopic (exact) mass is 902 g/mol. The Hall–Kier alpha value is -9.52. The van der Waals surface area contributed by atoms with E-state index in [-0.39, 0.29) is 0 Å². The summed E-state index contributed by atoms with van der Waals surface area (Å²) < 4.78 is 0. The van der Waals surface area contributed by atoms with Crippen LogP contribution in [0, 0.1) is 0 Å². The quantitative estimate of drug-likeness (QED) is 0.0806. The molecule has 0 aliphatic carbocycles. The fourth-order valence-corrected chi connectivity index (χ4v) is 7.59. The summed E-state index contributed by atoms with van der Waals surface area (Å²) in [6.45, 7) is 0. The van der Waals surface area contributed by atoms with E-state index in [1.165, 1.54) is 0 Å². The van der Waals surface area contributed by atoms with Crippen LogP contribution in [0.2, 0.25) is 0 Å². The van der Waals surface area contributed by atoms with Crippen molar-refractivity contribution in [3.63, 3.8) is 0 Å². The van der Waals surface area contributed by atoms with Crippen LogP contribution in [0.15, 0.2) is 277 Å². The predicted molar refractivity (Wildman–Crippen MR) is 296 cm³/mol. The van der Waals surface area contributed by atoms with Gasteiger partial charge in [-0.05, 0) is 144 Å². The van der Waals surface area contributed by atoms with Crippen LogP contribution in [-0.4, -0.2) is 22.4 Å². The van der Waals surface area contributed by atoms with Crippen LogP contribution in [0.5, 0.6) is 0 Å². The molecular weight excluding hydrogens is 853 g/mol. The van der Waals surface area contributed by atoms with Crippen molar-refractivity contribution in [1.82, 2.24) is 9.97 Å². The minimum absolute atomic E-state index is 0.845. The second kappa shape index (κ2) is 23.8. The Morgan fingerprint density at radius 2 is 0.514 bits per heavy atom. The highest BCUT2D eigenvalue weighted by atomic mass is 15.1.